The van der Waals surface area contributed by atoms with E-state index in [-0.39, 0.29) is 0 Å². The van der Waals surface area contributed by atoms with Crippen molar-refractivity contribution in [3.05, 3.63) is 70.8 Å². The molecule has 0 unspecified atom stereocenters. The molecule has 0 aliphatic carbocycles. The van der Waals surface area contributed by atoms with Crippen LogP contribution in [0.25, 0.3) is 0 Å². The van der Waals surface area contributed by atoms with Crippen LogP contribution in [-0.2, 0) is 19.0 Å². The van der Waals surface area contributed by atoms with E-state index in [1.54, 1.807) is 12.1 Å². The highest BCUT2D eigenvalue weighted by Gasteiger charge is 2.29. The number of benzene rings is 2. The lowest BCUT2D eigenvalue weighted by atomic mass is 9.94. The first-order valence-corrected chi connectivity index (χ1v) is 7.32. The molecule has 0 saturated heterocycles. The lowest BCUT2D eigenvalue weighted by molar-refractivity contribution is -0.137. The van der Waals surface area contributed by atoms with E-state index in [2.05, 4.69) is 17.1 Å². The fraction of sp³-hybridized carbons (Fsp3) is 0.278. The van der Waals surface area contributed by atoms with Gasteiger partial charge in [-0.2, -0.15) is 13.2 Å². The Morgan fingerprint density at radius 1 is 0.909 bits per heavy atom. The van der Waals surface area contributed by atoms with Crippen LogP contribution in [0.5, 0.6) is 0 Å². The monoisotopic (exact) mass is 303 g/mol. The van der Waals surface area contributed by atoms with Gasteiger partial charge in [0.25, 0.3) is 0 Å². The van der Waals surface area contributed by atoms with Crippen LogP contribution in [0.3, 0.4) is 0 Å². The molecule has 1 aliphatic heterocycles. The molecular formula is C18H16F3N. The number of nitrogens with zero attached hydrogens (tertiary/aromatic N) is 1. The zero-order valence-corrected chi connectivity index (χ0v) is 12.0. The second-order valence-corrected chi connectivity index (χ2v) is 5.43. The van der Waals surface area contributed by atoms with Gasteiger partial charge < -0.3 is 0 Å². The molecule has 1 heterocycles. The summed E-state index contributed by atoms with van der Waals surface area (Å²) in [5.41, 5.74) is 3.85. The number of halogens is 3. The molecule has 0 atom stereocenters. The van der Waals surface area contributed by atoms with Crippen molar-refractivity contribution in [1.29, 1.82) is 0 Å². The van der Waals surface area contributed by atoms with E-state index in [0.29, 0.717) is 6.42 Å². The summed E-state index contributed by atoms with van der Waals surface area (Å²) >= 11 is 0. The Hall–Kier alpha value is -2.10. The molecule has 0 aromatic heterocycles. The molecule has 0 radical (unpaired) electrons. The number of hydrogen-bond donors (Lipinski definition) is 0. The van der Waals surface area contributed by atoms with E-state index >= 15 is 0 Å². The van der Waals surface area contributed by atoms with Crippen molar-refractivity contribution in [2.45, 2.75) is 25.4 Å². The van der Waals surface area contributed by atoms with Crippen LogP contribution in [0.1, 0.15) is 28.7 Å². The first-order chi connectivity index (χ1) is 10.5. The van der Waals surface area contributed by atoms with Crippen LogP contribution in [0.2, 0.25) is 0 Å². The van der Waals surface area contributed by atoms with Gasteiger partial charge in [-0.05, 0) is 48.1 Å². The van der Waals surface area contributed by atoms with E-state index in [1.807, 2.05) is 12.1 Å². The Morgan fingerprint density at radius 2 is 1.64 bits per heavy atom. The van der Waals surface area contributed by atoms with Gasteiger partial charge in [-0.3, -0.25) is 4.99 Å². The summed E-state index contributed by atoms with van der Waals surface area (Å²) in [6.07, 6.45) is -1.86. The van der Waals surface area contributed by atoms with Gasteiger partial charge in [0.2, 0.25) is 0 Å². The number of hydrogen-bond acceptors (Lipinski definition) is 1. The minimum atomic E-state index is -4.27. The lowest BCUT2D eigenvalue weighted by Crippen LogP contribution is -2.13. The second kappa shape index (κ2) is 5.95. The number of aryl methyl sites for hydroxylation is 1. The summed E-state index contributed by atoms with van der Waals surface area (Å²) in [4.78, 5) is 4.58. The maximum Gasteiger partial charge on any atom is 0.416 e. The highest BCUT2D eigenvalue weighted by Crippen LogP contribution is 2.29. The largest absolute Gasteiger partial charge is 0.416 e. The molecule has 114 valence electrons. The standard InChI is InChI=1S/C18H16F3N/c19-18(20,21)15-8-5-13(6-9-15)7-10-17-16-4-2-1-3-14(16)11-12-22-17/h1-6,8-9H,7,10-12H2. The van der Waals surface area contributed by atoms with Crippen molar-refractivity contribution in [3.63, 3.8) is 0 Å². The maximum absolute atomic E-state index is 12.5. The highest BCUT2D eigenvalue weighted by molar-refractivity contribution is 6.02. The lowest BCUT2D eigenvalue weighted by Gasteiger charge is -2.16. The maximum atomic E-state index is 12.5. The molecule has 0 saturated carbocycles. The smallest absolute Gasteiger partial charge is 0.289 e. The summed E-state index contributed by atoms with van der Waals surface area (Å²) < 4.78 is 37.6. The number of alkyl halides is 3. The fourth-order valence-corrected chi connectivity index (χ4v) is 2.75. The fourth-order valence-electron chi connectivity index (χ4n) is 2.75. The number of rotatable bonds is 3. The molecule has 22 heavy (non-hydrogen) atoms. The normalized spacial score (nSPS) is 14.4. The van der Waals surface area contributed by atoms with Gasteiger partial charge in [0.05, 0.1) is 5.56 Å². The van der Waals surface area contributed by atoms with Crippen LogP contribution < -0.4 is 0 Å². The van der Waals surface area contributed by atoms with Gasteiger partial charge in [-0.25, -0.2) is 0 Å². The van der Waals surface area contributed by atoms with Gasteiger partial charge in [0.15, 0.2) is 0 Å². The molecule has 4 heteroatoms. The molecule has 1 aliphatic rings. The SMILES string of the molecule is FC(F)(F)c1ccc(CCC2=NCCc3ccccc32)cc1. The molecule has 0 fully saturated rings. The van der Waals surface area contributed by atoms with Gasteiger partial charge in [0.1, 0.15) is 0 Å². The summed E-state index contributed by atoms with van der Waals surface area (Å²) in [6.45, 7) is 0.791. The highest BCUT2D eigenvalue weighted by atomic mass is 19.4. The van der Waals surface area contributed by atoms with E-state index in [1.165, 1.54) is 11.1 Å². The predicted molar refractivity (Wildman–Crippen MR) is 81.3 cm³/mol. The van der Waals surface area contributed by atoms with Crippen LogP contribution >= 0.6 is 0 Å². The van der Waals surface area contributed by atoms with Crippen LogP contribution in [0.4, 0.5) is 13.2 Å². The molecule has 0 spiro atoms. The van der Waals surface area contributed by atoms with Crippen LogP contribution in [0, 0.1) is 0 Å². The van der Waals surface area contributed by atoms with E-state index in [0.717, 1.165) is 42.8 Å². The quantitative estimate of drug-likeness (QED) is 0.780. The Labute approximate surface area is 127 Å². The summed E-state index contributed by atoms with van der Waals surface area (Å²) in [6, 6.07) is 13.6. The van der Waals surface area contributed by atoms with Crippen molar-refractivity contribution in [3.8, 4) is 0 Å². The number of fused-ring (bicyclic) bond motifs is 1. The summed E-state index contributed by atoms with van der Waals surface area (Å²) in [7, 11) is 0. The molecule has 1 nitrogen and oxygen atoms in total. The minimum absolute atomic E-state index is 0.600. The first-order valence-electron chi connectivity index (χ1n) is 7.32. The van der Waals surface area contributed by atoms with Gasteiger partial charge >= 0.3 is 6.18 Å². The van der Waals surface area contributed by atoms with Crippen molar-refractivity contribution < 1.29 is 13.2 Å². The van der Waals surface area contributed by atoms with Crippen molar-refractivity contribution in [2.24, 2.45) is 4.99 Å². The van der Waals surface area contributed by atoms with Crippen molar-refractivity contribution >= 4 is 5.71 Å². The van der Waals surface area contributed by atoms with E-state index in [9.17, 15) is 13.2 Å². The zero-order valence-electron chi connectivity index (χ0n) is 12.0. The Morgan fingerprint density at radius 3 is 2.36 bits per heavy atom. The topological polar surface area (TPSA) is 12.4 Å². The molecule has 0 N–H and O–H groups in total. The van der Waals surface area contributed by atoms with Gasteiger partial charge in [-0.1, -0.05) is 36.4 Å². The average Bonchev–Trinajstić information content (AvgIpc) is 2.52. The summed E-state index contributed by atoms with van der Waals surface area (Å²) in [5.74, 6) is 0. The van der Waals surface area contributed by atoms with E-state index in [4.69, 9.17) is 0 Å². The third-order valence-corrected chi connectivity index (χ3v) is 3.94. The predicted octanol–water partition coefficient (Wildman–Crippen LogP) is 4.68. The van der Waals surface area contributed by atoms with E-state index < -0.39 is 11.7 Å². The van der Waals surface area contributed by atoms with Gasteiger partial charge in [-0.15, -0.1) is 0 Å². The minimum Gasteiger partial charge on any atom is -0.289 e. The zero-order chi connectivity index (χ0) is 15.6. The average molecular weight is 303 g/mol. The van der Waals surface area contributed by atoms with Crippen LogP contribution in [0.15, 0.2) is 53.5 Å². The second-order valence-electron chi connectivity index (χ2n) is 5.43. The van der Waals surface area contributed by atoms with Crippen LogP contribution in [-0.4, -0.2) is 12.3 Å². The first kappa shape index (κ1) is 14.8. The molecule has 3 rings (SSSR count). The number of aliphatic imine (C=N–C) groups is 1. The Bertz CT molecular complexity index is 684. The van der Waals surface area contributed by atoms with Crippen molar-refractivity contribution in [1.82, 2.24) is 0 Å². The Kier molecular flexibility index (Phi) is 4.01. The molecule has 0 bridgehead atoms. The summed E-state index contributed by atoms with van der Waals surface area (Å²) in [5, 5.41) is 0. The third-order valence-electron chi connectivity index (χ3n) is 3.94. The molecular weight excluding hydrogens is 287 g/mol. The molecule has 2 aromatic rings. The Balaban J connectivity index is 1.69. The van der Waals surface area contributed by atoms with Crippen molar-refractivity contribution in [2.75, 3.05) is 6.54 Å². The molecule has 2 aromatic carbocycles. The molecule has 0 amide bonds. The third kappa shape index (κ3) is 3.21. The van der Waals surface area contributed by atoms with Gasteiger partial charge in [0, 0.05) is 12.3 Å².